The van der Waals surface area contributed by atoms with E-state index in [4.69, 9.17) is 4.74 Å². The lowest BCUT2D eigenvalue weighted by Gasteiger charge is -2.11. The summed E-state index contributed by atoms with van der Waals surface area (Å²) >= 11 is 0.997. The molecule has 0 unspecified atom stereocenters. The number of carbonyl (C=O) groups excluding carboxylic acids is 2. The van der Waals surface area contributed by atoms with E-state index in [1.165, 1.54) is 5.38 Å². The number of fused-ring (bicyclic) bond motifs is 1. The summed E-state index contributed by atoms with van der Waals surface area (Å²) in [4.78, 5) is 38.6. The van der Waals surface area contributed by atoms with Gasteiger partial charge in [0.2, 0.25) is 0 Å². The third-order valence-electron chi connectivity index (χ3n) is 5.06. The molecular formula is C24H19F3N4O4S. The van der Waals surface area contributed by atoms with Crippen LogP contribution in [0.25, 0.3) is 16.5 Å². The fraction of sp³-hybridized carbons (Fsp3) is 0.167. The summed E-state index contributed by atoms with van der Waals surface area (Å²) < 4.78 is 44.8. The average Bonchev–Trinajstić information content (AvgIpc) is 3.23. The Hall–Kier alpha value is -4.19. The van der Waals surface area contributed by atoms with Crippen LogP contribution < -0.4 is 16.2 Å². The fourth-order valence-electron chi connectivity index (χ4n) is 3.45. The first-order chi connectivity index (χ1) is 17.1. The molecule has 0 spiro atoms. The van der Waals surface area contributed by atoms with Crippen LogP contribution in [0.3, 0.4) is 0 Å². The minimum Gasteiger partial charge on any atom is -0.461 e. The number of aromatic nitrogens is 2. The number of alkyl halides is 3. The highest BCUT2D eigenvalue weighted by molar-refractivity contribution is 7.16. The van der Waals surface area contributed by atoms with Gasteiger partial charge in [-0.1, -0.05) is 12.1 Å². The van der Waals surface area contributed by atoms with Crippen molar-refractivity contribution in [1.82, 2.24) is 9.78 Å². The van der Waals surface area contributed by atoms with Crippen LogP contribution in [-0.4, -0.2) is 28.4 Å². The maximum Gasteiger partial charge on any atom is 0.416 e. The van der Waals surface area contributed by atoms with Crippen LogP contribution in [0.2, 0.25) is 0 Å². The van der Waals surface area contributed by atoms with Crippen LogP contribution in [0.15, 0.2) is 58.7 Å². The highest BCUT2D eigenvalue weighted by Crippen LogP contribution is 2.32. The third kappa shape index (κ3) is 5.08. The summed E-state index contributed by atoms with van der Waals surface area (Å²) in [6, 6.07) is 10.2. The van der Waals surface area contributed by atoms with E-state index in [-0.39, 0.29) is 33.8 Å². The first kappa shape index (κ1) is 24.9. The minimum absolute atomic E-state index is 0.00168. The lowest BCUT2D eigenvalue weighted by Crippen LogP contribution is -2.26. The van der Waals surface area contributed by atoms with Gasteiger partial charge in [0.25, 0.3) is 5.56 Å². The summed E-state index contributed by atoms with van der Waals surface area (Å²) in [7, 11) is 0. The van der Waals surface area contributed by atoms with Crippen molar-refractivity contribution in [3.63, 3.8) is 0 Å². The highest BCUT2D eigenvalue weighted by atomic mass is 32.1. The highest BCUT2D eigenvalue weighted by Gasteiger charge is 2.30. The van der Waals surface area contributed by atoms with Gasteiger partial charge in [-0.2, -0.15) is 23.0 Å². The number of ether oxygens (including phenoxy) is 1. The number of carbonyl (C=O) groups is 2. The van der Waals surface area contributed by atoms with Crippen LogP contribution in [-0.2, 0) is 10.9 Å². The summed E-state index contributed by atoms with van der Waals surface area (Å²) in [5.41, 5.74) is -0.387. The molecular weight excluding hydrogens is 497 g/mol. The molecule has 0 aliphatic rings. The van der Waals surface area contributed by atoms with Crippen molar-refractivity contribution in [2.75, 3.05) is 17.2 Å². The molecule has 0 aliphatic heterocycles. The number of thiophene rings is 1. The lowest BCUT2D eigenvalue weighted by atomic mass is 10.2. The van der Waals surface area contributed by atoms with Crippen LogP contribution in [0, 0.1) is 6.92 Å². The topological polar surface area (TPSA) is 102 Å². The fourth-order valence-corrected chi connectivity index (χ4v) is 4.38. The molecule has 2 amide bonds. The van der Waals surface area contributed by atoms with Gasteiger partial charge in [0.1, 0.15) is 5.00 Å². The van der Waals surface area contributed by atoms with Crippen molar-refractivity contribution in [1.29, 1.82) is 0 Å². The van der Waals surface area contributed by atoms with Gasteiger partial charge >= 0.3 is 18.2 Å². The molecule has 2 heterocycles. The SMILES string of the molecule is CCOC(=O)c1nn(-c2ccc(C(F)(F)F)cc2)c(=O)c2c(NC(=O)Nc3cccc(C)c3)scc12. The van der Waals surface area contributed by atoms with Crippen molar-refractivity contribution < 1.29 is 27.5 Å². The number of benzene rings is 2. The van der Waals surface area contributed by atoms with E-state index >= 15 is 0 Å². The number of anilines is 2. The smallest absolute Gasteiger partial charge is 0.416 e. The van der Waals surface area contributed by atoms with Crippen LogP contribution in [0.1, 0.15) is 28.5 Å². The minimum atomic E-state index is -4.56. The Bertz CT molecular complexity index is 1510. The van der Waals surface area contributed by atoms with E-state index in [0.717, 1.165) is 45.8 Å². The van der Waals surface area contributed by atoms with E-state index in [1.54, 1.807) is 25.1 Å². The predicted molar refractivity (Wildman–Crippen MR) is 130 cm³/mol. The Kier molecular flexibility index (Phi) is 6.80. The Morgan fingerprint density at radius 2 is 1.83 bits per heavy atom. The van der Waals surface area contributed by atoms with E-state index in [1.807, 2.05) is 13.0 Å². The standard InChI is InChI=1S/C24H19F3N4O4S/c1-3-35-22(33)19-17-12-36-20(29-23(34)28-15-6-4-5-13(2)11-15)18(17)21(32)31(30-19)16-9-7-14(8-10-16)24(25,26)27/h4-12H,3H2,1-2H3,(H2,28,29,34). The molecule has 4 rings (SSSR count). The Morgan fingerprint density at radius 1 is 1.11 bits per heavy atom. The van der Waals surface area contributed by atoms with E-state index in [2.05, 4.69) is 15.7 Å². The third-order valence-corrected chi connectivity index (χ3v) is 5.96. The molecule has 2 aromatic heterocycles. The van der Waals surface area contributed by atoms with Gasteiger partial charge in [0.05, 0.1) is 23.2 Å². The second-order valence-corrected chi connectivity index (χ2v) is 8.51. The molecule has 0 atom stereocenters. The second-order valence-electron chi connectivity index (χ2n) is 7.63. The molecule has 0 bridgehead atoms. The number of hydrogen-bond donors (Lipinski definition) is 2. The maximum atomic E-state index is 13.4. The number of urea groups is 1. The number of amides is 2. The quantitative estimate of drug-likeness (QED) is 0.337. The molecule has 0 aliphatic carbocycles. The number of aryl methyl sites for hydroxylation is 1. The normalized spacial score (nSPS) is 11.4. The molecule has 186 valence electrons. The van der Waals surface area contributed by atoms with Crippen LogP contribution in [0.5, 0.6) is 0 Å². The lowest BCUT2D eigenvalue weighted by molar-refractivity contribution is -0.137. The van der Waals surface area contributed by atoms with Crippen molar-refractivity contribution in [3.05, 3.63) is 81.1 Å². The van der Waals surface area contributed by atoms with E-state index in [9.17, 15) is 27.6 Å². The van der Waals surface area contributed by atoms with Gasteiger partial charge in [0, 0.05) is 16.5 Å². The molecule has 0 fully saturated rings. The largest absolute Gasteiger partial charge is 0.461 e. The summed E-state index contributed by atoms with van der Waals surface area (Å²) in [6.07, 6.45) is -4.56. The first-order valence-corrected chi connectivity index (χ1v) is 11.5. The van der Waals surface area contributed by atoms with Gasteiger partial charge < -0.3 is 10.1 Å². The predicted octanol–water partition coefficient (Wildman–Crippen LogP) is 5.60. The molecule has 12 heteroatoms. The van der Waals surface area contributed by atoms with E-state index < -0.39 is 29.3 Å². The molecule has 36 heavy (non-hydrogen) atoms. The van der Waals surface area contributed by atoms with Gasteiger partial charge in [-0.3, -0.25) is 10.1 Å². The van der Waals surface area contributed by atoms with Crippen LogP contribution >= 0.6 is 11.3 Å². The first-order valence-electron chi connectivity index (χ1n) is 10.6. The number of esters is 1. The number of nitrogens with one attached hydrogen (secondary N) is 2. The molecule has 4 aromatic rings. The summed E-state index contributed by atoms with van der Waals surface area (Å²) in [5.74, 6) is -0.822. The van der Waals surface area contributed by atoms with Crippen LogP contribution in [0.4, 0.5) is 28.7 Å². The van der Waals surface area contributed by atoms with Gasteiger partial charge in [-0.05, 0) is 55.8 Å². The molecule has 8 nitrogen and oxygen atoms in total. The molecule has 0 saturated carbocycles. The Balaban J connectivity index is 1.79. The molecule has 0 radical (unpaired) electrons. The van der Waals surface area contributed by atoms with Gasteiger partial charge in [-0.15, -0.1) is 11.3 Å². The van der Waals surface area contributed by atoms with Gasteiger partial charge in [-0.25, -0.2) is 9.59 Å². The van der Waals surface area contributed by atoms with Crippen molar-refractivity contribution in [2.45, 2.75) is 20.0 Å². The molecule has 2 aromatic carbocycles. The molecule has 0 saturated heterocycles. The Morgan fingerprint density at radius 3 is 2.47 bits per heavy atom. The summed E-state index contributed by atoms with van der Waals surface area (Å²) in [5, 5.41) is 11.1. The molecule has 2 N–H and O–H groups in total. The zero-order chi connectivity index (χ0) is 26.0. The zero-order valence-electron chi connectivity index (χ0n) is 19.0. The van der Waals surface area contributed by atoms with Crippen molar-refractivity contribution >= 4 is 44.8 Å². The van der Waals surface area contributed by atoms with E-state index in [0.29, 0.717) is 5.69 Å². The monoisotopic (exact) mass is 516 g/mol. The number of hydrogen-bond acceptors (Lipinski definition) is 6. The number of rotatable bonds is 5. The maximum absolute atomic E-state index is 13.4. The summed E-state index contributed by atoms with van der Waals surface area (Å²) in [6.45, 7) is 3.50. The number of nitrogens with zero attached hydrogens (tertiary/aromatic N) is 2. The Labute approximate surface area is 206 Å². The average molecular weight is 517 g/mol. The number of halogens is 3. The van der Waals surface area contributed by atoms with Gasteiger partial charge in [0.15, 0.2) is 5.69 Å². The zero-order valence-corrected chi connectivity index (χ0v) is 19.8. The second kappa shape index (κ2) is 9.82. The van der Waals surface area contributed by atoms with Crippen molar-refractivity contribution in [2.24, 2.45) is 0 Å². The van der Waals surface area contributed by atoms with Crippen molar-refractivity contribution in [3.8, 4) is 5.69 Å².